The fourth-order valence-electron chi connectivity index (χ4n) is 4.57. The highest BCUT2D eigenvalue weighted by Gasteiger charge is 2.31. The number of amides is 1. The summed E-state index contributed by atoms with van der Waals surface area (Å²) < 4.78 is 0. The first-order valence-electron chi connectivity index (χ1n) is 9.60. The Morgan fingerprint density at radius 2 is 1.88 bits per heavy atom. The Morgan fingerprint density at radius 3 is 2.58 bits per heavy atom. The van der Waals surface area contributed by atoms with Crippen LogP contribution in [0.5, 0.6) is 0 Å². The molecule has 24 heavy (non-hydrogen) atoms. The van der Waals surface area contributed by atoms with Gasteiger partial charge in [0.05, 0.1) is 0 Å². The molecule has 1 fully saturated rings. The van der Waals surface area contributed by atoms with E-state index in [1.54, 1.807) is 0 Å². The molecular weight excluding hydrogens is 296 g/mol. The van der Waals surface area contributed by atoms with Crippen LogP contribution in [-0.4, -0.2) is 36.0 Å². The summed E-state index contributed by atoms with van der Waals surface area (Å²) in [5.41, 5.74) is 4.05. The summed E-state index contributed by atoms with van der Waals surface area (Å²) in [6.45, 7) is 2.19. The van der Waals surface area contributed by atoms with Crippen LogP contribution in [0.25, 0.3) is 0 Å². The summed E-state index contributed by atoms with van der Waals surface area (Å²) in [6.07, 6.45) is 11.2. The summed E-state index contributed by atoms with van der Waals surface area (Å²) in [5, 5.41) is 3.31. The molecule has 1 atom stereocenters. The molecule has 1 amide bonds. The lowest BCUT2D eigenvalue weighted by atomic mass is 9.97. The number of hydrogen-bond acceptors (Lipinski definition) is 2. The minimum Gasteiger partial charge on any atom is -0.348 e. The first kappa shape index (κ1) is 15.9. The zero-order valence-electron chi connectivity index (χ0n) is 14.5. The zero-order chi connectivity index (χ0) is 16.4. The van der Waals surface area contributed by atoms with Crippen molar-refractivity contribution in [3.05, 3.63) is 47.0 Å². The zero-order valence-corrected chi connectivity index (χ0v) is 14.5. The van der Waals surface area contributed by atoms with Crippen LogP contribution in [0.15, 0.2) is 35.9 Å². The van der Waals surface area contributed by atoms with Gasteiger partial charge in [-0.2, -0.15) is 0 Å². The molecule has 1 N–H and O–H groups in total. The van der Waals surface area contributed by atoms with Crippen LogP contribution in [-0.2, 0) is 17.6 Å². The molecule has 0 bridgehead atoms. The smallest absolute Gasteiger partial charge is 0.247 e. The van der Waals surface area contributed by atoms with Gasteiger partial charge in [0.1, 0.15) is 0 Å². The SMILES string of the molecule is O=C(NC1CCCN(C2Cc3ccccc3C2)C1)C1=CCCCC1. The maximum Gasteiger partial charge on any atom is 0.247 e. The third-order valence-corrected chi connectivity index (χ3v) is 5.92. The van der Waals surface area contributed by atoms with Crippen molar-refractivity contribution in [2.24, 2.45) is 0 Å². The second kappa shape index (κ2) is 7.10. The van der Waals surface area contributed by atoms with Gasteiger partial charge in [-0.25, -0.2) is 0 Å². The number of piperidine rings is 1. The summed E-state index contributed by atoms with van der Waals surface area (Å²) >= 11 is 0. The predicted molar refractivity (Wildman–Crippen MR) is 96.9 cm³/mol. The first-order chi connectivity index (χ1) is 11.8. The molecule has 1 aromatic rings. The first-order valence-corrected chi connectivity index (χ1v) is 9.60. The fourth-order valence-corrected chi connectivity index (χ4v) is 4.57. The lowest BCUT2D eigenvalue weighted by Gasteiger charge is -2.37. The van der Waals surface area contributed by atoms with Gasteiger partial charge in [0, 0.05) is 24.2 Å². The lowest BCUT2D eigenvalue weighted by molar-refractivity contribution is -0.118. The third kappa shape index (κ3) is 3.41. The molecule has 1 heterocycles. The van der Waals surface area contributed by atoms with Gasteiger partial charge >= 0.3 is 0 Å². The molecule has 1 saturated heterocycles. The number of likely N-dealkylation sites (tertiary alicyclic amines) is 1. The molecule has 0 saturated carbocycles. The van der Waals surface area contributed by atoms with E-state index in [9.17, 15) is 4.79 Å². The largest absolute Gasteiger partial charge is 0.348 e. The second-order valence-corrected chi connectivity index (χ2v) is 7.61. The van der Waals surface area contributed by atoms with E-state index in [1.807, 2.05) is 0 Å². The highest BCUT2D eigenvalue weighted by atomic mass is 16.1. The van der Waals surface area contributed by atoms with Crippen LogP contribution >= 0.6 is 0 Å². The maximum atomic E-state index is 12.5. The van der Waals surface area contributed by atoms with Gasteiger partial charge in [-0.3, -0.25) is 9.69 Å². The van der Waals surface area contributed by atoms with Gasteiger partial charge in [-0.05, 0) is 69.0 Å². The highest BCUT2D eigenvalue weighted by molar-refractivity contribution is 5.93. The van der Waals surface area contributed by atoms with E-state index >= 15 is 0 Å². The Labute approximate surface area is 145 Å². The number of fused-ring (bicyclic) bond motifs is 1. The number of carbonyl (C=O) groups is 1. The van der Waals surface area contributed by atoms with Crippen molar-refractivity contribution in [3.63, 3.8) is 0 Å². The van der Waals surface area contributed by atoms with Crippen LogP contribution in [0, 0.1) is 0 Å². The Kier molecular flexibility index (Phi) is 4.70. The van der Waals surface area contributed by atoms with Gasteiger partial charge in [-0.15, -0.1) is 0 Å². The Hall–Kier alpha value is -1.61. The molecule has 1 unspecified atom stereocenters. The van der Waals surface area contributed by atoms with Crippen molar-refractivity contribution in [2.75, 3.05) is 13.1 Å². The van der Waals surface area contributed by atoms with Crippen LogP contribution < -0.4 is 5.32 Å². The number of carbonyl (C=O) groups excluding carboxylic acids is 1. The summed E-state index contributed by atoms with van der Waals surface area (Å²) in [7, 11) is 0. The lowest BCUT2D eigenvalue weighted by Crippen LogP contribution is -2.51. The van der Waals surface area contributed by atoms with E-state index in [0.29, 0.717) is 12.1 Å². The predicted octanol–water partition coefficient (Wildman–Crippen LogP) is 3.23. The fraction of sp³-hybridized carbons (Fsp3) is 0.571. The highest BCUT2D eigenvalue weighted by Crippen LogP contribution is 2.27. The molecule has 1 aliphatic heterocycles. The van der Waals surface area contributed by atoms with Gasteiger partial charge in [0.25, 0.3) is 0 Å². The summed E-state index contributed by atoms with van der Waals surface area (Å²) in [6, 6.07) is 9.78. The summed E-state index contributed by atoms with van der Waals surface area (Å²) in [5.74, 6) is 0.191. The standard InChI is InChI=1S/C21H28N2O/c24-21(16-7-2-1-3-8-16)22-19-11-6-12-23(15-19)20-13-17-9-4-5-10-18(17)14-20/h4-5,7,9-10,19-20H,1-3,6,8,11-15H2,(H,22,24). The third-order valence-electron chi connectivity index (χ3n) is 5.92. The average molecular weight is 324 g/mol. The topological polar surface area (TPSA) is 32.3 Å². The molecule has 0 spiro atoms. The maximum absolute atomic E-state index is 12.5. The number of hydrogen-bond donors (Lipinski definition) is 1. The van der Waals surface area contributed by atoms with Crippen molar-refractivity contribution in [1.82, 2.24) is 10.2 Å². The molecule has 3 heteroatoms. The van der Waals surface area contributed by atoms with Crippen molar-refractivity contribution in [1.29, 1.82) is 0 Å². The van der Waals surface area contributed by atoms with E-state index < -0.39 is 0 Å². The van der Waals surface area contributed by atoms with Gasteiger partial charge in [-0.1, -0.05) is 30.3 Å². The molecular formula is C21H28N2O. The Bertz CT molecular complexity index is 611. The molecule has 1 aromatic carbocycles. The van der Waals surface area contributed by atoms with Gasteiger partial charge < -0.3 is 5.32 Å². The van der Waals surface area contributed by atoms with Crippen LogP contribution in [0.4, 0.5) is 0 Å². The minimum atomic E-state index is 0.191. The van der Waals surface area contributed by atoms with Gasteiger partial charge in [0.15, 0.2) is 0 Å². The Morgan fingerprint density at radius 1 is 1.08 bits per heavy atom. The van der Waals surface area contributed by atoms with Crippen LogP contribution in [0.3, 0.4) is 0 Å². The normalized spacial score (nSPS) is 25.2. The van der Waals surface area contributed by atoms with Crippen molar-refractivity contribution >= 4 is 5.91 Å². The molecule has 0 radical (unpaired) electrons. The monoisotopic (exact) mass is 324 g/mol. The quantitative estimate of drug-likeness (QED) is 0.926. The number of allylic oxidation sites excluding steroid dienone is 1. The molecule has 128 valence electrons. The Balaban J connectivity index is 1.35. The van der Waals surface area contributed by atoms with E-state index in [4.69, 9.17) is 0 Å². The molecule has 0 aromatic heterocycles. The number of benzene rings is 1. The molecule has 3 aliphatic rings. The van der Waals surface area contributed by atoms with E-state index in [-0.39, 0.29) is 5.91 Å². The minimum absolute atomic E-state index is 0.191. The average Bonchev–Trinajstić information content (AvgIpc) is 3.07. The molecule has 2 aliphatic carbocycles. The van der Waals surface area contributed by atoms with E-state index in [0.717, 1.165) is 37.8 Å². The van der Waals surface area contributed by atoms with Crippen molar-refractivity contribution in [3.8, 4) is 0 Å². The summed E-state index contributed by atoms with van der Waals surface area (Å²) in [4.78, 5) is 15.1. The van der Waals surface area contributed by atoms with Crippen molar-refractivity contribution in [2.45, 2.75) is 63.5 Å². The molecule has 4 rings (SSSR count). The van der Waals surface area contributed by atoms with Gasteiger partial charge in [0.2, 0.25) is 5.91 Å². The second-order valence-electron chi connectivity index (χ2n) is 7.61. The molecule has 3 nitrogen and oxygen atoms in total. The number of nitrogens with one attached hydrogen (secondary N) is 1. The van der Waals surface area contributed by atoms with E-state index in [1.165, 1.54) is 43.4 Å². The van der Waals surface area contributed by atoms with E-state index in [2.05, 4.69) is 40.6 Å². The number of rotatable bonds is 3. The van der Waals surface area contributed by atoms with Crippen molar-refractivity contribution < 1.29 is 4.79 Å². The van der Waals surface area contributed by atoms with Crippen LogP contribution in [0.1, 0.15) is 49.7 Å². The number of nitrogens with zero attached hydrogens (tertiary/aromatic N) is 1. The van der Waals surface area contributed by atoms with Crippen LogP contribution in [0.2, 0.25) is 0 Å².